The Balaban J connectivity index is 2.17. The number of carbonyl (C=O) groups is 2. The Morgan fingerprint density at radius 3 is 2.35 bits per heavy atom. The molecule has 0 atom stereocenters. The molecule has 1 aromatic heterocycles. The van der Waals surface area contributed by atoms with E-state index in [1.807, 2.05) is 20.8 Å². The highest BCUT2D eigenvalue weighted by molar-refractivity contribution is 6.04. The van der Waals surface area contributed by atoms with Crippen molar-refractivity contribution in [1.29, 1.82) is 0 Å². The van der Waals surface area contributed by atoms with Crippen molar-refractivity contribution in [3.8, 4) is 5.75 Å². The molecule has 0 fully saturated rings. The number of carboxylic acids is 1. The van der Waals surface area contributed by atoms with Gasteiger partial charge in [0.25, 0.3) is 11.5 Å². The van der Waals surface area contributed by atoms with Crippen molar-refractivity contribution in [2.45, 2.75) is 33.1 Å². The average molecular weight is 359 g/mol. The van der Waals surface area contributed by atoms with E-state index in [1.165, 1.54) is 12.1 Å². The number of carboxylic acid groups (broad SMARTS) is 1. The molecule has 0 bridgehead atoms. The van der Waals surface area contributed by atoms with Gasteiger partial charge in [-0.15, -0.1) is 0 Å². The minimum atomic E-state index is -1.08. The number of nitrogens with one attached hydrogen (secondary N) is 2. The van der Waals surface area contributed by atoms with Crippen molar-refractivity contribution in [2.75, 3.05) is 11.9 Å². The topological polar surface area (TPSA) is 121 Å². The van der Waals surface area contributed by atoms with Crippen LogP contribution in [0.15, 0.2) is 29.1 Å². The van der Waals surface area contributed by atoms with E-state index < -0.39 is 24.0 Å². The van der Waals surface area contributed by atoms with Gasteiger partial charge in [-0.3, -0.25) is 9.59 Å². The lowest BCUT2D eigenvalue weighted by Gasteiger charge is -2.18. The van der Waals surface area contributed by atoms with Crippen LogP contribution in [0.4, 0.5) is 5.69 Å². The molecule has 0 aliphatic heterocycles. The number of benzene rings is 1. The normalized spacial score (nSPS) is 11.1. The molecule has 2 rings (SSSR count). The van der Waals surface area contributed by atoms with Crippen molar-refractivity contribution in [1.82, 2.24) is 9.97 Å². The smallest absolute Gasteiger partial charge is 0.341 e. The van der Waals surface area contributed by atoms with E-state index >= 15 is 0 Å². The fourth-order valence-electron chi connectivity index (χ4n) is 2.18. The lowest BCUT2D eigenvalue weighted by molar-refractivity contribution is -0.139. The molecule has 0 aliphatic rings. The van der Waals surface area contributed by atoms with Gasteiger partial charge in [-0.25, -0.2) is 9.78 Å². The molecular formula is C18H21N3O5. The van der Waals surface area contributed by atoms with Crippen molar-refractivity contribution in [3.63, 3.8) is 0 Å². The van der Waals surface area contributed by atoms with Gasteiger partial charge in [0.2, 0.25) is 0 Å². The van der Waals surface area contributed by atoms with Crippen LogP contribution >= 0.6 is 0 Å². The van der Waals surface area contributed by atoms with E-state index in [4.69, 9.17) is 9.84 Å². The predicted molar refractivity (Wildman–Crippen MR) is 95.8 cm³/mol. The molecule has 0 radical (unpaired) electrons. The minimum absolute atomic E-state index is 0.0517. The highest BCUT2D eigenvalue weighted by Crippen LogP contribution is 2.19. The summed E-state index contributed by atoms with van der Waals surface area (Å²) >= 11 is 0. The second-order valence-electron chi connectivity index (χ2n) is 6.79. The third-order valence-corrected chi connectivity index (χ3v) is 3.51. The fourth-order valence-corrected chi connectivity index (χ4v) is 2.18. The molecule has 8 heteroatoms. The number of aryl methyl sites for hydroxylation is 1. The van der Waals surface area contributed by atoms with Gasteiger partial charge in [0.15, 0.2) is 6.61 Å². The van der Waals surface area contributed by atoms with Gasteiger partial charge in [-0.05, 0) is 31.2 Å². The number of anilines is 1. The largest absolute Gasteiger partial charge is 0.482 e. The van der Waals surface area contributed by atoms with Crippen LogP contribution < -0.4 is 15.6 Å². The van der Waals surface area contributed by atoms with E-state index in [1.54, 1.807) is 19.1 Å². The van der Waals surface area contributed by atoms with Gasteiger partial charge in [0.05, 0.1) is 5.69 Å². The van der Waals surface area contributed by atoms with Crippen LogP contribution in [0.25, 0.3) is 0 Å². The first-order chi connectivity index (χ1) is 12.1. The predicted octanol–water partition coefficient (Wildman–Crippen LogP) is 2.09. The Morgan fingerprint density at radius 2 is 1.85 bits per heavy atom. The zero-order chi connectivity index (χ0) is 19.5. The SMILES string of the molecule is Cc1nc(C(C)(C)C)[nH]c(=O)c1C(=O)Nc1ccc(OCC(=O)O)cc1. The first-order valence-corrected chi connectivity index (χ1v) is 7.95. The maximum absolute atomic E-state index is 12.4. The minimum Gasteiger partial charge on any atom is -0.482 e. The summed E-state index contributed by atoms with van der Waals surface area (Å²) < 4.78 is 5.02. The number of aromatic nitrogens is 2. The fraction of sp³-hybridized carbons (Fsp3) is 0.333. The summed E-state index contributed by atoms with van der Waals surface area (Å²) in [5.74, 6) is -0.786. The molecule has 0 spiro atoms. The Kier molecular flexibility index (Phi) is 5.44. The summed E-state index contributed by atoms with van der Waals surface area (Å²) in [5.41, 5.74) is -0.107. The van der Waals surface area contributed by atoms with Crippen LogP contribution in [0.2, 0.25) is 0 Å². The molecule has 3 N–H and O–H groups in total. The van der Waals surface area contributed by atoms with Gasteiger partial charge in [0.1, 0.15) is 17.1 Å². The van der Waals surface area contributed by atoms with E-state index in [9.17, 15) is 14.4 Å². The van der Waals surface area contributed by atoms with Crippen LogP contribution in [-0.4, -0.2) is 33.6 Å². The Labute approximate surface area is 150 Å². The zero-order valence-corrected chi connectivity index (χ0v) is 15.0. The van der Waals surface area contributed by atoms with Crippen LogP contribution in [0.3, 0.4) is 0 Å². The third kappa shape index (κ3) is 4.69. The Hall–Kier alpha value is -3.16. The third-order valence-electron chi connectivity index (χ3n) is 3.51. The molecule has 8 nitrogen and oxygen atoms in total. The molecule has 1 amide bonds. The molecule has 1 aromatic carbocycles. The Bertz CT molecular complexity index is 879. The van der Waals surface area contributed by atoms with Crippen LogP contribution in [0.1, 0.15) is 42.6 Å². The quantitative estimate of drug-likeness (QED) is 0.751. The molecule has 0 saturated heterocycles. The number of H-pyrrole nitrogens is 1. The van der Waals surface area contributed by atoms with E-state index in [0.717, 1.165) is 0 Å². The highest BCUT2D eigenvalue weighted by Gasteiger charge is 2.22. The van der Waals surface area contributed by atoms with Crippen LogP contribution in [0, 0.1) is 6.92 Å². The number of nitrogens with zero attached hydrogens (tertiary/aromatic N) is 1. The first kappa shape index (κ1) is 19.2. The molecule has 26 heavy (non-hydrogen) atoms. The van der Waals surface area contributed by atoms with Crippen molar-refractivity contribution < 1.29 is 19.4 Å². The number of aliphatic carboxylic acids is 1. The average Bonchev–Trinajstić information content (AvgIpc) is 2.52. The lowest BCUT2D eigenvalue weighted by atomic mass is 9.95. The maximum Gasteiger partial charge on any atom is 0.341 e. The van der Waals surface area contributed by atoms with Gasteiger partial charge in [-0.1, -0.05) is 20.8 Å². The van der Waals surface area contributed by atoms with Gasteiger partial charge < -0.3 is 20.1 Å². The number of carbonyl (C=O) groups excluding carboxylic acids is 1. The van der Waals surface area contributed by atoms with Gasteiger partial charge in [-0.2, -0.15) is 0 Å². The molecule has 0 saturated carbocycles. The first-order valence-electron chi connectivity index (χ1n) is 7.95. The highest BCUT2D eigenvalue weighted by atomic mass is 16.5. The summed E-state index contributed by atoms with van der Waals surface area (Å²) in [6.07, 6.45) is 0. The molecule has 138 valence electrons. The number of amides is 1. The molecule has 0 aliphatic carbocycles. The zero-order valence-electron chi connectivity index (χ0n) is 15.0. The van der Waals surface area contributed by atoms with Gasteiger partial charge in [0, 0.05) is 11.1 Å². The van der Waals surface area contributed by atoms with Crippen molar-refractivity contribution in [3.05, 3.63) is 51.7 Å². The molecule has 0 unspecified atom stereocenters. The van der Waals surface area contributed by atoms with E-state index in [-0.39, 0.29) is 11.0 Å². The number of hydrogen-bond donors (Lipinski definition) is 3. The summed E-state index contributed by atoms with van der Waals surface area (Å²) in [6.45, 7) is 6.91. The lowest BCUT2D eigenvalue weighted by Crippen LogP contribution is -2.30. The van der Waals surface area contributed by atoms with Crippen LogP contribution in [0.5, 0.6) is 5.75 Å². The van der Waals surface area contributed by atoms with E-state index in [2.05, 4.69) is 15.3 Å². The number of rotatable bonds is 5. The Morgan fingerprint density at radius 1 is 1.23 bits per heavy atom. The molecule has 2 aromatic rings. The number of ether oxygens (including phenoxy) is 1. The number of hydrogen-bond acceptors (Lipinski definition) is 5. The molecular weight excluding hydrogens is 338 g/mol. The standard InChI is InChI=1S/C18H21N3O5/c1-10-14(16(25)21-17(19-10)18(2,3)4)15(24)20-11-5-7-12(8-6-11)26-9-13(22)23/h5-8H,9H2,1-4H3,(H,20,24)(H,22,23)(H,19,21,25). The second-order valence-corrected chi connectivity index (χ2v) is 6.79. The summed E-state index contributed by atoms with van der Waals surface area (Å²) in [6, 6.07) is 6.15. The summed E-state index contributed by atoms with van der Waals surface area (Å²) in [7, 11) is 0. The van der Waals surface area contributed by atoms with Crippen LogP contribution in [-0.2, 0) is 10.2 Å². The summed E-state index contributed by atoms with van der Waals surface area (Å²) in [4.78, 5) is 42.2. The van der Waals surface area contributed by atoms with E-state index in [0.29, 0.717) is 23.0 Å². The van der Waals surface area contributed by atoms with Gasteiger partial charge >= 0.3 is 5.97 Å². The van der Waals surface area contributed by atoms with Crippen molar-refractivity contribution in [2.24, 2.45) is 0 Å². The maximum atomic E-state index is 12.4. The van der Waals surface area contributed by atoms with Crippen molar-refractivity contribution >= 4 is 17.6 Å². The second kappa shape index (κ2) is 7.38. The monoisotopic (exact) mass is 359 g/mol. The molecule has 1 heterocycles. The summed E-state index contributed by atoms with van der Waals surface area (Å²) in [5, 5.41) is 11.2. The number of aromatic amines is 1.